The van der Waals surface area contributed by atoms with Crippen molar-refractivity contribution in [3.63, 3.8) is 0 Å². The van der Waals surface area contributed by atoms with Crippen LogP contribution in [0.3, 0.4) is 0 Å². The van der Waals surface area contributed by atoms with Gasteiger partial charge in [-0.3, -0.25) is 0 Å². The molecule has 0 bridgehead atoms. The Hall–Kier alpha value is 1.20. The molecule has 0 aliphatic heterocycles. The van der Waals surface area contributed by atoms with Crippen LogP contribution in [0.1, 0.15) is 0 Å². The van der Waals surface area contributed by atoms with Gasteiger partial charge in [-0.2, -0.15) is 0 Å². The average Bonchev–Trinajstić information content (AvgIpc) is 0. The van der Waals surface area contributed by atoms with Crippen LogP contribution in [-0.4, -0.2) is 0 Å². The van der Waals surface area contributed by atoms with Crippen LogP contribution in [0.15, 0.2) is 0 Å². The molecule has 0 fully saturated rings. The molecule has 0 amide bonds. The summed E-state index contributed by atoms with van der Waals surface area (Å²) < 4.78 is 0. The SMILES string of the molecule is [Cl+].[Co+2].[Fe+3].[O-2].[O-2].[O-2]. The van der Waals surface area contributed by atoms with Gasteiger partial charge in [-0.15, -0.1) is 0 Å². The minimum absolute atomic E-state index is 0. The fourth-order valence-electron chi connectivity index (χ4n) is 0. The smallest absolute Gasteiger partial charge is 2.00 e. The Morgan fingerprint density at radius 3 is 0.667 bits per heavy atom. The Morgan fingerprint density at radius 2 is 0.667 bits per heavy atom. The topological polar surface area (TPSA) is 85.5 Å². The maximum absolute atomic E-state index is 0. The number of hydrogen-bond acceptors (Lipinski definition) is 0. The molecule has 0 aliphatic rings. The van der Waals surface area contributed by atoms with Crippen molar-refractivity contribution in [3.05, 3.63) is 0 Å². The van der Waals surface area contributed by atoms with Gasteiger partial charge in [0.1, 0.15) is 0 Å². The molecular formula is ClCoFeO3. The van der Waals surface area contributed by atoms with Gasteiger partial charge >= 0.3 is 46.3 Å². The van der Waals surface area contributed by atoms with Gasteiger partial charge in [0.25, 0.3) is 0 Å². The van der Waals surface area contributed by atoms with E-state index in [1.54, 1.807) is 0 Å². The molecule has 0 saturated carbocycles. The first-order valence-electron chi connectivity index (χ1n) is 0. The molecule has 6 heteroatoms. The van der Waals surface area contributed by atoms with E-state index in [-0.39, 0.29) is 62.7 Å². The maximum Gasteiger partial charge on any atom is 3.00 e. The van der Waals surface area contributed by atoms with Gasteiger partial charge in [0.15, 0.2) is 0 Å². The summed E-state index contributed by atoms with van der Waals surface area (Å²) in [4.78, 5) is 0. The van der Waals surface area contributed by atoms with Gasteiger partial charge in [-0.1, -0.05) is 0 Å². The summed E-state index contributed by atoms with van der Waals surface area (Å²) in [5, 5.41) is 0. The van der Waals surface area contributed by atoms with E-state index in [1.807, 2.05) is 0 Å². The van der Waals surface area contributed by atoms with Crippen molar-refractivity contribution in [1.29, 1.82) is 0 Å². The fourth-order valence-corrected chi connectivity index (χ4v) is 0. The van der Waals surface area contributed by atoms with Crippen molar-refractivity contribution in [1.82, 2.24) is 0 Å². The van der Waals surface area contributed by atoms with Gasteiger partial charge in [0, 0.05) is 0 Å². The maximum atomic E-state index is 0. The van der Waals surface area contributed by atoms with Crippen LogP contribution in [-0.2, 0) is 50.3 Å². The molecule has 42 valence electrons. The monoisotopic (exact) mass is 198 g/mol. The normalized spacial score (nSPS) is 0. The second kappa shape index (κ2) is 117. The second-order valence-corrected chi connectivity index (χ2v) is 0. The van der Waals surface area contributed by atoms with Crippen LogP contribution < -0.4 is 0 Å². The fraction of sp³-hybridized carbons (Fsp3) is 0. The van der Waals surface area contributed by atoms with Gasteiger partial charge in [-0.25, -0.2) is 0 Å². The van der Waals surface area contributed by atoms with Crippen LogP contribution >= 0.6 is 0 Å². The number of rotatable bonds is 0. The predicted octanol–water partition coefficient (Wildman–Crippen LogP) is -0.361. The minimum atomic E-state index is 0. The Balaban J connectivity index is 0. The molecule has 0 rings (SSSR count). The third-order valence-electron chi connectivity index (χ3n) is 0. The van der Waals surface area contributed by atoms with Crippen molar-refractivity contribution >= 4 is 0 Å². The molecule has 0 aromatic rings. The first-order valence-corrected chi connectivity index (χ1v) is 0. The summed E-state index contributed by atoms with van der Waals surface area (Å²) in [6.07, 6.45) is 0. The quantitative estimate of drug-likeness (QED) is 0.476. The van der Waals surface area contributed by atoms with E-state index >= 15 is 0 Å². The minimum Gasteiger partial charge on any atom is -2.00 e. The van der Waals surface area contributed by atoms with Crippen molar-refractivity contribution in [2.45, 2.75) is 0 Å². The van der Waals surface area contributed by atoms with Crippen LogP contribution in [0.4, 0.5) is 0 Å². The van der Waals surface area contributed by atoms with E-state index in [1.165, 1.54) is 0 Å². The molecule has 0 aliphatic carbocycles. The molecule has 0 atom stereocenters. The Morgan fingerprint density at radius 1 is 0.667 bits per heavy atom. The van der Waals surface area contributed by atoms with Gasteiger partial charge in [0.05, 0.1) is 0 Å². The molecule has 6 heavy (non-hydrogen) atoms. The summed E-state index contributed by atoms with van der Waals surface area (Å²) in [5.74, 6) is 0. The molecule has 0 unspecified atom stereocenters. The van der Waals surface area contributed by atoms with E-state index in [9.17, 15) is 0 Å². The van der Waals surface area contributed by atoms with Crippen molar-refractivity contribution in [2.75, 3.05) is 0 Å². The second-order valence-electron chi connectivity index (χ2n) is 0. The summed E-state index contributed by atoms with van der Waals surface area (Å²) >= 11 is 0. The number of halogens is 1. The zero-order chi connectivity index (χ0) is 0. The largest absolute Gasteiger partial charge is 3.00 e. The standard InChI is InChI=1S/Cl.Co.Fe.3O/q+1;+2;+3;3*-2. The van der Waals surface area contributed by atoms with E-state index in [0.29, 0.717) is 0 Å². The molecule has 0 spiro atoms. The zero-order valence-electron chi connectivity index (χ0n) is 2.29. The van der Waals surface area contributed by atoms with Crippen LogP contribution in [0.5, 0.6) is 0 Å². The van der Waals surface area contributed by atoms with Gasteiger partial charge in [0.2, 0.25) is 0 Å². The Labute approximate surface area is 62.9 Å². The molecule has 0 saturated heterocycles. The van der Waals surface area contributed by atoms with Crippen molar-refractivity contribution in [2.24, 2.45) is 0 Å². The summed E-state index contributed by atoms with van der Waals surface area (Å²) in [7, 11) is 0. The van der Waals surface area contributed by atoms with Crippen molar-refractivity contribution in [3.8, 4) is 0 Å². The van der Waals surface area contributed by atoms with E-state index in [4.69, 9.17) is 0 Å². The van der Waals surface area contributed by atoms with Crippen LogP contribution in [0.25, 0.3) is 0 Å². The third kappa shape index (κ3) is 64.0. The first kappa shape index (κ1) is 193. The number of hydrogen-bond donors (Lipinski definition) is 0. The van der Waals surface area contributed by atoms with Crippen LogP contribution in [0, 0.1) is 12.4 Å². The summed E-state index contributed by atoms with van der Waals surface area (Å²) in [6, 6.07) is 0. The average molecular weight is 198 g/mol. The zero-order valence-corrected chi connectivity index (χ0v) is 5.19. The summed E-state index contributed by atoms with van der Waals surface area (Å²) in [5.41, 5.74) is 0. The Bertz CT molecular complexity index is 10.8. The van der Waals surface area contributed by atoms with E-state index in [0.717, 1.165) is 0 Å². The molecule has 0 aromatic heterocycles. The molecule has 0 N–H and O–H groups in total. The molecule has 0 aromatic carbocycles. The predicted molar refractivity (Wildman–Crippen MR) is 2.06 cm³/mol. The first-order chi connectivity index (χ1) is 0. The van der Waals surface area contributed by atoms with Crippen LogP contribution in [0.2, 0.25) is 0 Å². The van der Waals surface area contributed by atoms with E-state index in [2.05, 4.69) is 0 Å². The summed E-state index contributed by atoms with van der Waals surface area (Å²) in [6.45, 7) is 0. The third-order valence-corrected chi connectivity index (χ3v) is 0. The van der Waals surface area contributed by atoms with Crippen molar-refractivity contribution < 1.29 is 62.7 Å². The molecule has 4 radical (unpaired) electrons. The van der Waals surface area contributed by atoms with Gasteiger partial charge < -0.3 is 16.4 Å². The molecule has 3 nitrogen and oxygen atoms in total. The van der Waals surface area contributed by atoms with Gasteiger partial charge in [-0.05, 0) is 0 Å². The Kier molecular flexibility index (Phi) is 3760. The van der Waals surface area contributed by atoms with E-state index < -0.39 is 0 Å². The molecular weight excluding hydrogens is 198 g/mol. The molecule has 0 heterocycles.